The van der Waals surface area contributed by atoms with E-state index in [-0.39, 0.29) is 16.7 Å². The van der Waals surface area contributed by atoms with Crippen molar-refractivity contribution < 1.29 is 13.2 Å². The monoisotopic (exact) mass is 419 g/mol. The number of hydrogen-bond donors (Lipinski definition) is 0. The van der Waals surface area contributed by atoms with E-state index in [0.717, 1.165) is 30.0 Å². The number of aryl methyl sites for hydroxylation is 1. The molecule has 0 spiro atoms. The lowest BCUT2D eigenvalue weighted by Crippen LogP contribution is -1.98. The largest absolute Gasteiger partial charge is 0.206 e. The molecular weight excluding hydrogens is 395 g/mol. The quantitative estimate of drug-likeness (QED) is 0.281. The van der Waals surface area contributed by atoms with E-state index < -0.39 is 17.5 Å². The summed E-state index contributed by atoms with van der Waals surface area (Å²) in [6.07, 6.45) is 7.44. The van der Waals surface area contributed by atoms with Gasteiger partial charge in [0.1, 0.15) is 23.5 Å². The maximum atomic E-state index is 15.4. The van der Waals surface area contributed by atoms with E-state index in [1.54, 1.807) is 6.07 Å². The number of halogens is 3. The predicted molar refractivity (Wildman–Crippen MR) is 117 cm³/mol. The van der Waals surface area contributed by atoms with Crippen LogP contribution in [0.4, 0.5) is 13.2 Å². The highest BCUT2D eigenvalue weighted by Gasteiger charge is 2.27. The van der Waals surface area contributed by atoms with Crippen molar-refractivity contribution in [1.82, 2.24) is 0 Å². The second-order valence-corrected chi connectivity index (χ2v) is 8.21. The SMILES string of the molecule is CCCCCCCc1ccc2c(c1)Cc1c-2cc(F)c(-c2ccc(C#N)c(F)c2)c1F. The second-order valence-electron chi connectivity index (χ2n) is 8.21. The molecule has 4 rings (SSSR count). The van der Waals surface area contributed by atoms with Crippen molar-refractivity contribution in [3.05, 3.63) is 82.2 Å². The van der Waals surface area contributed by atoms with E-state index in [4.69, 9.17) is 5.26 Å². The van der Waals surface area contributed by atoms with Crippen LogP contribution in [0, 0.1) is 28.8 Å². The Labute approximate surface area is 181 Å². The van der Waals surface area contributed by atoms with E-state index in [1.165, 1.54) is 49.4 Å². The molecule has 3 aromatic carbocycles. The van der Waals surface area contributed by atoms with Crippen molar-refractivity contribution >= 4 is 0 Å². The highest BCUT2D eigenvalue weighted by atomic mass is 19.1. The fraction of sp³-hybridized carbons (Fsp3) is 0.296. The maximum absolute atomic E-state index is 15.4. The fourth-order valence-corrected chi connectivity index (χ4v) is 4.43. The summed E-state index contributed by atoms with van der Waals surface area (Å²) in [5.74, 6) is -2.17. The Kier molecular flexibility index (Phi) is 6.13. The van der Waals surface area contributed by atoms with Gasteiger partial charge in [-0.05, 0) is 58.9 Å². The van der Waals surface area contributed by atoms with Gasteiger partial charge in [-0.25, -0.2) is 13.2 Å². The zero-order valence-electron chi connectivity index (χ0n) is 17.6. The molecule has 1 aliphatic rings. The van der Waals surface area contributed by atoms with E-state index >= 15 is 4.39 Å². The van der Waals surface area contributed by atoms with Crippen LogP contribution < -0.4 is 0 Å². The molecule has 158 valence electrons. The molecule has 0 N–H and O–H groups in total. The smallest absolute Gasteiger partial charge is 0.141 e. The number of benzene rings is 3. The molecule has 0 fully saturated rings. The third-order valence-electron chi connectivity index (χ3n) is 6.09. The molecule has 4 heteroatoms. The van der Waals surface area contributed by atoms with Crippen LogP contribution in [-0.2, 0) is 12.8 Å². The van der Waals surface area contributed by atoms with Gasteiger partial charge >= 0.3 is 0 Å². The second kappa shape index (κ2) is 8.98. The molecule has 1 nitrogen and oxygen atoms in total. The molecule has 0 atom stereocenters. The van der Waals surface area contributed by atoms with Gasteiger partial charge in [0.05, 0.1) is 11.1 Å². The first-order chi connectivity index (χ1) is 15.0. The predicted octanol–water partition coefficient (Wildman–Crippen LogP) is 7.73. The Morgan fingerprint density at radius 1 is 0.871 bits per heavy atom. The lowest BCUT2D eigenvalue weighted by molar-refractivity contribution is 0.582. The Hall–Kier alpha value is -3.06. The fourth-order valence-electron chi connectivity index (χ4n) is 4.43. The van der Waals surface area contributed by atoms with Crippen LogP contribution in [-0.4, -0.2) is 0 Å². The van der Waals surface area contributed by atoms with Gasteiger partial charge in [-0.1, -0.05) is 56.9 Å². The zero-order valence-corrected chi connectivity index (χ0v) is 17.6. The third kappa shape index (κ3) is 4.10. The summed E-state index contributed by atoms with van der Waals surface area (Å²) in [6.45, 7) is 2.20. The summed E-state index contributed by atoms with van der Waals surface area (Å²) in [5.41, 5.74) is 3.79. The Bertz CT molecular complexity index is 1170. The molecule has 0 heterocycles. The number of nitrogens with zero attached hydrogens (tertiary/aromatic N) is 1. The van der Waals surface area contributed by atoms with Crippen molar-refractivity contribution in [3.63, 3.8) is 0 Å². The number of rotatable bonds is 7. The minimum atomic E-state index is -0.786. The average Bonchev–Trinajstić information content (AvgIpc) is 3.12. The molecule has 1 aliphatic carbocycles. The van der Waals surface area contributed by atoms with Gasteiger partial charge in [-0.15, -0.1) is 0 Å². The molecular formula is C27H24F3N. The van der Waals surface area contributed by atoms with Gasteiger partial charge < -0.3 is 0 Å². The minimum absolute atomic E-state index is 0.0954. The summed E-state index contributed by atoms with van der Waals surface area (Å²) in [7, 11) is 0. The van der Waals surface area contributed by atoms with Crippen molar-refractivity contribution in [2.75, 3.05) is 0 Å². The topological polar surface area (TPSA) is 23.8 Å². The molecule has 0 aliphatic heterocycles. The molecule has 0 radical (unpaired) electrons. The molecule has 0 saturated heterocycles. The lowest BCUT2D eigenvalue weighted by Gasteiger charge is -2.11. The zero-order chi connectivity index (χ0) is 22.0. The first kappa shape index (κ1) is 21.2. The number of hydrogen-bond acceptors (Lipinski definition) is 1. The summed E-state index contributed by atoms with van der Waals surface area (Å²) < 4.78 is 44.3. The molecule has 0 saturated carbocycles. The Balaban J connectivity index is 1.62. The molecule has 0 unspecified atom stereocenters. The average molecular weight is 419 g/mol. The van der Waals surface area contributed by atoms with Crippen molar-refractivity contribution in [2.45, 2.75) is 51.9 Å². The highest BCUT2D eigenvalue weighted by molar-refractivity contribution is 5.81. The number of fused-ring (bicyclic) bond motifs is 3. The van der Waals surface area contributed by atoms with Gasteiger partial charge in [-0.3, -0.25) is 0 Å². The van der Waals surface area contributed by atoms with Gasteiger partial charge in [0.15, 0.2) is 0 Å². The highest BCUT2D eigenvalue weighted by Crippen LogP contribution is 2.42. The lowest BCUT2D eigenvalue weighted by atomic mass is 9.96. The Morgan fingerprint density at radius 2 is 1.68 bits per heavy atom. The first-order valence-electron chi connectivity index (χ1n) is 10.9. The van der Waals surface area contributed by atoms with Crippen LogP contribution >= 0.6 is 0 Å². The van der Waals surface area contributed by atoms with Crippen LogP contribution in [0.25, 0.3) is 22.3 Å². The summed E-state index contributed by atoms with van der Waals surface area (Å²) >= 11 is 0. The molecule has 3 aromatic rings. The van der Waals surface area contributed by atoms with Gasteiger partial charge in [0.2, 0.25) is 0 Å². The van der Waals surface area contributed by atoms with E-state index in [9.17, 15) is 8.78 Å². The van der Waals surface area contributed by atoms with Crippen LogP contribution in [0.2, 0.25) is 0 Å². The van der Waals surface area contributed by atoms with Gasteiger partial charge in [0.25, 0.3) is 0 Å². The third-order valence-corrected chi connectivity index (χ3v) is 6.09. The molecule has 31 heavy (non-hydrogen) atoms. The van der Waals surface area contributed by atoms with Crippen molar-refractivity contribution in [3.8, 4) is 28.3 Å². The maximum Gasteiger partial charge on any atom is 0.141 e. The van der Waals surface area contributed by atoms with Crippen molar-refractivity contribution in [1.29, 1.82) is 5.26 Å². The summed E-state index contributed by atoms with van der Waals surface area (Å²) in [6, 6.07) is 12.8. The first-order valence-corrected chi connectivity index (χ1v) is 10.9. The minimum Gasteiger partial charge on any atom is -0.206 e. The summed E-state index contributed by atoms with van der Waals surface area (Å²) in [5, 5.41) is 8.89. The normalized spacial score (nSPS) is 11.8. The summed E-state index contributed by atoms with van der Waals surface area (Å²) in [4.78, 5) is 0. The number of unbranched alkanes of at least 4 members (excludes halogenated alkanes) is 4. The van der Waals surface area contributed by atoms with Crippen LogP contribution in [0.3, 0.4) is 0 Å². The molecule has 0 bridgehead atoms. The van der Waals surface area contributed by atoms with Crippen molar-refractivity contribution in [2.24, 2.45) is 0 Å². The van der Waals surface area contributed by atoms with Gasteiger partial charge in [0, 0.05) is 12.0 Å². The molecule has 0 aromatic heterocycles. The number of nitriles is 1. The van der Waals surface area contributed by atoms with Crippen LogP contribution in [0.15, 0.2) is 42.5 Å². The van der Waals surface area contributed by atoms with E-state index in [0.29, 0.717) is 17.5 Å². The Morgan fingerprint density at radius 3 is 2.42 bits per heavy atom. The van der Waals surface area contributed by atoms with Crippen LogP contribution in [0.1, 0.15) is 61.3 Å². The standard InChI is InChI=1S/C27H24F3N/c1-2-3-4-5-6-7-17-8-11-21-20(12-17)13-23-22(21)15-25(29)26(27(23)30)18-9-10-19(16-31)24(28)14-18/h8-12,14-15H,2-7,13H2,1H3. The van der Waals surface area contributed by atoms with E-state index in [2.05, 4.69) is 13.0 Å². The molecule has 0 amide bonds. The van der Waals surface area contributed by atoms with Gasteiger partial charge in [-0.2, -0.15) is 5.26 Å². The van der Waals surface area contributed by atoms with Crippen LogP contribution in [0.5, 0.6) is 0 Å². The van der Waals surface area contributed by atoms with E-state index in [1.807, 2.05) is 12.1 Å².